The average Bonchev–Trinajstić information content (AvgIpc) is 2.65. The second-order valence-electron chi connectivity index (χ2n) is 8.30. The first-order valence-electron chi connectivity index (χ1n) is 10.0. The molecule has 3 atom stereocenters. The molecule has 2 aliphatic heterocycles. The van der Waals surface area contributed by atoms with Crippen molar-refractivity contribution in [3.63, 3.8) is 0 Å². The Hall–Kier alpha value is -2.30. The highest BCUT2D eigenvalue weighted by molar-refractivity contribution is 5.74. The quantitative estimate of drug-likeness (QED) is 0.776. The maximum absolute atomic E-state index is 12.3. The monoisotopic (exact) mass is 386 g/mol. The van der Waals surface area contributed by atoms with Crippen LogP contribution >= 0.6 is 0 Å². The summed E-state index contributed by atoms with van der Waals surface area (Å²) in [7, 11) is 0. The van der Waals surface area contributed by atoms with Gasteiger partial charge in [-0.1, -0.05) is 0 Å². The van der Waals surface area contributed by atoms with Gasteiger partial charge in [0, 0.05) is 38.8 Å². The predicted molar refractivity (Wildman–Crippen MR) is 106 cm³/mol. The van der Waals surface area contributed by atoms with Gasteiger partial charge in [-0.05, 0) is 56.4 Å². The second-order valence-corrected chi connectivity index (χ2v) is 8.30. The van der Waals surface area contributed by atoms with E-state index < -0.39 is 6.10 Å². The summed E-state index contributed by atoms with van der Waals surface area (Å²) in [5, 5.41) is 22.2. The summed E-state index contributed by atoms with van der Waals surface area (Å²) >= 11 is 0. The lowest BCUT2D eigenvalue weighted by Gasteiger charge is -2.46. The standard InChI is InChI=1S/C21H30N4O3/c1-15(2)23-21(27)25-11-17-7-18(12-25)10-24(9-17)13-19(26)14-28-20-5-3-16(8-22)4-6-20/h3-6,15,17-19,26H,7,9-14H2,1-2H3,(H,23,27)/t17?,18?,19-/m1/s1. The third-order valence-corrected chi connectivity index (χ3v) is 5.25. The maximum Gasteiger partial charge on any atom is 0.317 e. The molecule has 0 saturated carbocycles. The number of fused-ring (bicyclic) bond motifs is 2. The second kappa shape index (κ2) is 9.26. The number of piperidine rings is 2. The molecule has 0 aromatic heterocycles. The Morgan fingerprint density at radius 1 is 1.25 bits per heavy atom. The van der Waals surface area contributed by atoms with E-state index in [1.807, 2.05) is 18.7 Å². The van der Waals surface area contributed by atoms with Crippen LogP contribution in [0.5, 0.6) is 5.75 Å². The fourth-order valence-corrected chi connectivity index (χ4v) is 4.21. The number of β-amino-alcohol motifs (C(OH)–C–C–N with tert-alkyl or cyclic N) is 1. The molecule has 0 spiro atoms. The minimum Gasteiger partial charge on any atom is -0.491 e. The molecular weight excluding hydrogens is 356 g/mol. The van der Waals surface area contributed by atoms with E-state index in [0.717, 1.165) is 32.6 Å². The molecule has 152 valence electrons. The van der Waals surface area contributed by atoms with Crippen LogP contribution in [0.4, 0.5) is 4.79 Å². The molecule has 2 amide bonds. The van der Waals surface area contributed by atoms with E-state index in [0.29, 0.717) is 29.7 Å². The SMILES string of the molecule is CC(C)NC(=O)N1CC2CC(CN(C[C@@H](O)COc3ccc(C#N)cc3)C2)C1. The van der Waals surface area contributed by atoms with Crippen molar-refractivity contribution in [3.05, 3.63) is 29.8 Å². The number of urea groups is 1. The molecule has 0 aliphatic carbocycles. The molecule has 3 rings (SSSR count). The first-order chi connectivity index (χ1) is 13.4. The minimum absolute atomic E-state index is 0.0361. The maximum atomic E-state index is 12.3. The van der Waals surface area contributed by atoms with Gasteiger partial charge in [0.05, 0.1) is 11.6 Å². The van der Waals surface area contributed by atoms with Gasteiger partial charge < -0.3 is 20.1 Å². The topological polar surface area (TPSA) is 88.8 Å². The van der Waals surface area contributed by atoms with Crippen LogP contribution in [-0.2, 0) is 0 Å². The number of aliphatic hydroxyl groups excluding tert-OH is 1. The molecule has 2 bridgehead atoms. The lowest BCUT2D eigenvalue weighted by Crippen LogP contribution is -2.57. The van der Waals surface area contributed by atoms with Crippen LogP contribution in [0.25, 0.3) is 0 Å². The van der Waals surface area contributed by atoms with Gasteiger partial charge in [-0.2, -0.15) is 5.26 Å². The number of nitrogens with one attached hydrogen (secondary N) is 1. The molecule has 0 radical (unpaired) electrons. The third-order valence-electron chi connectivity index (χ3n) is 5.25. The molecule has 2 aliphatic rings. The summed E-state index contributed by atoms with van der Waals surface area (Å²) in [5.41, 5.74) is 0.587. The number of amides is 2. The molecule has 7 heteroatoms. The molecule has 7 nitrogen and oxygen atoms in total. The largest absolute Gasteiger partial charge is 0.491 e. The summed E-state index contributed by atoms with van der Waals surface area (Å²) in [5.74, 6) is 1.56. The number of ether oxygens (including phenoxy) is 1. The molecule has 2 unspecified atom stereocenters. The first-order valence-corrected chi connectivity index (χ1v) is 10.0. The zero-order valence-electron chi connectivity index (χ0n) is 16.7. The van der Waals surface area contributed by atoms with Crippen molar-refractivity contribution >= 4 is 6.03 Å². The highest BCUT2D eigenvalue weighted by Gasteiger charge is 2.36. The number of hydrogen-bond donors (Lipinski definition) is 2. The van der Waals surface area contributed by atoms with Crippen molar-refractivity contribution < 1.29 is 14.6 Å². The normalized spacial score (nSPS) is 23.2. The molecule has 28 heavy (non-hydrogen) atoms. The van der Waals surface area contributed by atoms with Gasteiger partial charge in [-0.15, -0.1) is 0 Å². The number of nitriles is 1. The van der Waals surface area contributed by atoms with E-state index >= 15 is 0 Å². The highest BCUT2D eigenvalue weighted by Crippen LogP contribution is 2.28. The van der Waals surface area contributed by atoms with Crippen molar-refractivity contribution in [1.82, 2.24) is 15.1 Å². The van der Waals surface area contributed by atoms with Gasteiger partial charge in [-0.3, -0.25) is 4.90 Å². The van der Waals surface area contributed by atoms with Crippen molar-refractivity contribution in [3.8, 4) is 11.8 Å². The van der Waals surface area contributed by atoms with Gasteiger partial charge in [0.15, 0.2) is 0 Å². The number of likely N-dealkylation sites (tertiary alicyclic amines) is 2. The smallest absolute Gasteiger partial charge is 0.317 e. The molecule has 1 aromatic rings. The first kappa shape index (κ1) is 20.4. The summed E-state index contributed by atoms with van der Waals surface area (Å²) in [4.78, 5) is 16.5. The summed E-state index contributed by atoms with van der Waals surface area (Å²) in [6.07, 6.45) is 0.578. The van der Waals surface area contributed by atoms with E-state index in [4.69, 9.17) is 10.00 Å². The summed E-state index contributed by atoms with van der Waals surface area (Å²) in [6.45, 7) is 8.11. The number of benzene rings is 1. The van der Waals surface area contributed by atoms with E-state index in [-0.39, 0.29) is 18.7 Å². The minimum atomic E-state index is -0.574. The number of nitrogens with zero attached hydrogens (tertiary/aromatic N) is 3. The van der Waals surface area contributed by atoms with Gasteiger partial charge in [0.1, 0.15) is 18.5 Å². The fraction of sp³-hybridized carbons (Fsp3) is 0.619. The molecule has 2 heterocycles. The van der Waals surface area contributed by atoms with Crippen molar-refractivity contribution in [1.29, 1.82) is 5.26 Å². The third kappa shape index (κ3) is 5.60. The average molecular weight is 386 g/mol. The summed E-state index contributed by atoms with van der Waals surface area (Å²) in [6, 6.07) is 9.15. The Balaban J connectivity index is 1.44. The van der Waals surface area contributed by atoms with Gasteiger partial charge in [0.2, 0.25) is 0 Å². The van der Waals surface area contributed by atoms with Gasteiger partial charge in [0.25, 0.3) is 0 Å². The number of hydrogen-bond acceptors (Lipinski definition) is 5. The Morgan fingerprint density at radius 3 is 2.46 bits per heavy atom. The molecule has 2 fully saturated rings. The van der Waals surface area contributed by atoms with E-state index in [1.54, 1.807) is 24.3 Å². The summed E-state index contributed by atoms with van der Waals surface area (Å²) < 4.78 is 5.64. The van der Waals surface area contributed by atoms with Crippen LogP contribution in [0.1, 0.15) is 25.8 Å². The van der Waals surface area contributed by atoms with E-state index in [1.165, 1.54) is 0 Å². The highest BCUT2D eigenvalue weighted by atomic mass is 16.5. The van der Waals surface area contributed by atoms with E-state index in [9.17, 15) is 9.90 Å². The van der Waals surface area contributed by atoms with Gasteiger partial charge in [-0.25, -0.2) is 4.79 Å². The zero-order chi connectivity index (χ0) is 20.1. The van der Waals surface area contributed by atoms with Crippen LogP contribution in [0.15, 0.2) is 24.3 Å². The molecular formula is C21H30N4O3. The van der Waals surface area contributed by atoms with Crippen LogP contribution in [-0.4, -0.2) is 72.4 Å². The van der Waals surface area contributed by atoms with Crippen LogP contribution in [0.3, 0.4) is 0 Å². The molecule has 2 saturated heterocycles. The van der Waals surface area contributed by atoms with Crippen LogP contribution in [0.2, 0.25) is 0 Å². The van der Waals surface area contributed by atoms with Crippen LogP contribution in [0, 0.1) is 23.2 Å². The van der Waals surface area contributed by atoms with E-state index in [2.05, 4.69) is 16.3 Å². The zero-order valence-corrected chi connectivity index (χ0v) is 16.7. The molecule has 1 aromatic carbocycles. The Bertz CT molecular complexity index is 687. The number of rotatable bonds is 6. The Kier molecular flexibility index (Phi) is 6.76. The fourth-order valence-electron chi connectivity index (χ4n) is 4.21. The van der Waals surface area contributed by atoms with Gasteiger partial charge >= 0.3 is 6.03 Å². The van der Waals surface area contributed by atoms with Crippen molar-refractivity contribution in [2.45, 2.75) is 32.4 Å². The lowest BCUT2D eigenvalue weighted by atomic mass is 9.84. The number of carbonyl (C=O) groups excluding carboxylic acids is 1. The predicted octanol–water partition coefficient (Wildman–Crippen LogP) is 1.67. The van der Waals surface area contributed by atoms with Crippen LogP contribution < -0.4 is 10.1 Å². The van der Waals surface area contributed by atoms with Crippen molar-refractivity contribution in [2.75, 3.05) is 39.3 Å². The number of aliphatic hydroxyl groups is 1. The number of carbonyl (C=O) groups is 1. The van der Waals surface area contributed by atoms with Crippen molar-refractivity contribution in [2.24, 2.45) is 11.8 Å². The lowest BCUT2D eigenvalue weighted by molar-refractivity contribution is 0.00903. The molecule has 2 N–H and O–H groups in total. The Labute approximate surface area is 166 Å². The Morgan fingerprint density at radius 2 is 1.89 bits per heavy atom.